The number of benzene rings is 2. The molecule has 0 bridgehead atoms. The zero-order chi connectivity index (χ0) is 19.4. The van der Waals surface area contributed by atoms with Gasteiger partial charge in [-0.05, 0) is 43.2 Å². The Hall–Kier alpha value is -3.06. The van der Waals surface area contributed by atoms with E-state index in [1.807, 2.05) is 30.0 Å². The molecule has 6 nitrogen and oxygen atoms in total. The van der Waals surface area contributed by atoms with Crippen LogP contribution in [-0.4, -0.2) is 28.7 Å². The van der Waals surface area contributed by atoms with Crippen LogP contribution in [0.25, 0.3) is 10.2 Å². The number of para-hydroxylation sites is 1. The summed E-state index contributed by atoms with van der Waals surface area (Å²) < 4.78 is 0.786. The maximum absolute atomic E-state index is 13.2. The zero-order valence-electron chi connectivity index (χ0n) is 15.2. The smallest absolute Gasteiger partial charge is 0.258 e. The minimum absolute atomic E-state index is 0.0531. The molecular weight excluding hydrogens is 374 g/mol. The van der Waals surface area contributed by atoms with Gasteiger partial charge >= 0.3 is 0 Å². The average molecular weight is 391 g/mol. The summed E-state index contributed by atoms with van der Waals surface area (Å²) in [4.78, 5) is 44.6. The number of anilines is 2. The predicted octanol–water partition coefficient (Wildman–Crippen LogP) is 3.54. The fourth-order valence-electron chi connectivity index (χ4n) is 3.95. The SMILES string of the molecule is CC1Cc2ccccc2N1C(=O)c1ccc2nc(N3C(=O)CCC3=O)sc2c1. The molecule has 0 N–H and O–H groups in total. The molecule has 1 fully saturated rings. The number of fused-ring (bicyclic) bond motifs is 2. The zero-order valence-corrected chi connectivity index (χ0v) is 16.0. The van der Waals surface area contributed by atoms with E-state index in [9.17, 15) is 14.4 Å². The molecule has 0 radical (unpaired) electrons. The summed E-state index contributed by atoms with van der Waals surface area (Å²) in [5.74, 6) is -0.492. The summed E-state index contributed by atoms with van der Waals surface area (Å²) >= 11 is 1.26. The van der Waals surface area contributed by atoms with E-state index in [0.717, 1.165) is 21.7 Å². The molecule has 1 aromatic heterocycles. The summed E-state index contributed by atoms with van der Waals surface area (Å²) in [6.07, 6.45) is 1.30. The largest absolute Gasteiger partial charge is 0.305 e. The van der Waals surface area contributed by atoms with Crippen molar-refractivity contribution in [1.82, 2.24) is 4.98 Å². The van der Waals surface area contributed by atoms with Crippen molar-refractivity contribution in [2.45, 2.75) is 32.2 Å². The first-order chi connectivity index (χ1) is 13.5. The van der Waals surface area contributed by atoms with Crippen LogP contribution in [0.5, 0.6) is 0 Å². The fourth-order valence-corrected chi connectivity index (χ4v) is 4.98. The highest BCUT2D eigenvalue weighted by molar-refractivity contribution is 7.22. The molecule has 0 spiro atoms. The van der Waals surface area contributed by atoms with E-state index in [2.05, 4.69) is 11.1 Å². The summed E-state index contributed by atoms with van der Waals surface area (Å²) in [7, 11) is 0. The van der Waals surface area contributed by atoms with E-state index in [1.54, 1.807) is 18.2 Å². The summed E-state index contributed by atoms with van der Waals surface area (Å²) in [5.41, 5.74) is 3.39. The number of hydrogen-bond donors (Lipinski definition) is 0. The minimum atomic E-state index is -0.220. The second-order valence-corrected chi connectivity index (χ2v) is 8.17. The molecule has 5 rings (SSSR count). The lowest BCUT2D eigenvalue weighted by Crippen LogP contribution is -2.35. The molecule has 0 aliphatic carbocycles. The van der Waals surface area contributed by atoms with Crippen LogP contribution in [0.2, 0.25) is 0 Å². The molecule has 3 aromatic rings. The first-order valence-corrected chi connectivity index (χ1v) is 10.0. The lowest BCUT2D eigenvalue weighted by atomic mass is 10.1. The maximum atomic E-state index is 13.2. The highest BCUT2D eigenvalue weighted by Gasteiger charge is 2.33. The van der Waals surface area contributed by atoms with Crippen molar-refractivity contribution in [2.75, 3.05) is 9.80 Å². The van der Waals surface area contributed by atoms with Gasteiger partial charge in [0, 0.05) is 30.1 Å². The van der Waals surface area contributed by atoms with E-state index in [-0.39, 0.29) is 36.6 Å². The highest BCUT2D eigenvalue weighted by Crippen LogP contribution is 2.35. The van der Waals surface area contributed by atoms with E-state index < -0.39 is 0 Å². The van der Waals surface area contributed by atoms with Gasteiger partial charge in [0.25, 0.3) is 5.91 Å². The number of carbonyl (C=O) groups excluding carboxylic acids is 3. The molecule has 0 saturated carbocycles. The van der Waals surface area contributed by atoms with Gasteiger partial charge in [0.1, 0.15) is 0 Å². The van der Waals surface area contributed by atoms with E-state index in [4.69, 9.17) is 0 Å². The van der Waals surface area contributed by atoms with Crippen LogP contribution in [0.4, 0.5) is 10.8 Å². The summed E-state index contributed by atoms with van der Waals surface area (Å²) in [5, 5.41) is 0.381. The standard InChI is InChI=1S/C21H17N3O3S/c1-12-10-13-4-2-3-5-16(13)23(12)20(27)14-6-7-15-17(11-14)28-21(22-15)24-18(25)8-9-19(24)26/h2-7,11-12H,8-10H2,1H3. The van der Waals surface area contributed by atoms with Gasteiger partial charge in [0.2, 0.25) is 11.8 Å². The van der Waals surface area contributed by atoms with Gasteiger partial charge < -0.3 is 4.90 Å². The third kappa shape index (κ3) is 2.54. The van der Waals surface area contributed by atoms with Crippen molar-refractivity contribution in [3.8, 4) is 0 Å². The van der Waals surface area contributed by atoms with Gasteiger partial charge in [-0.3, -0.25) is 14.4 Å². The number of aromatic nitrogens is 1. The van der Waals surface area contributed by atoms with E-state index >= 15 is 0 Å². The van der Waals surface area contributed by atoms with Crippen LogP contribution < -0.4 is 9.80 Å². The molecule has 2 aromatic carbocycles. The molecule has 1 atom stereocenters. The molecule has 7 heteroatoms. The lowest BCUT2D eigenvalue weighted by molar-refractivity contribution is -0.121. The number of nitrogens with zero attached hydrogens (tertiary/aromatic N) is 3. The van der Waals surface area contributed by atoms with Gasteiger partial charge in [-0.2, -0.15) is 0 Å². The topological polar surface area (TPSA) is 70.6 Å². The molecular formula is C21H17N3O3S. The Labute approximate surface area is 165 Å². The third-order valence-corrected chi connectivity index (χ3v) is 6.30. The van der Waals surface area contributed by atoms with Crippen LogP contribution in [0.3, 0.4) is 0 Å². The van der Waals surface area contributed by atoms with Crippen molar-refractivity contribution >= 4 is 50.1 Å². The number of thiazole rings is 1. The second kappa shape index (κ2) is 6.24. The first kappa shape index (κ1) is 17.1. The van der Waals surface area contributed by atoms with Gasteiger partial charge in [0.05, 0.1) is 10.2 Å². The Balaban J connectivity index is 1.51. The number of rotatable bonds is 2. The fraction of sp³-hybridized carbons (Fsp3) is 0.238. The lowest BCUT2D eigenvalue weighted by Gasteiger charge is -2.22. The molecule has 3 amide bonds. The van der Waals surface area contributed by atoms with Crippen LogP contribution in [0.1, 0.15) is 35.7 Å². The average Bonchev–Trinajstić information content (AvgIpc) is 3.34. The monoisotopic (exact) mass is 391 g/mol. The summed E-state index contributed by atoms with van der Waals surface area (Å²) in [6.45, 7) is 2.05. The van der Waals surface area contributed by atoms with Gasteiger partial charge in [-0.1, -0.05) is 29.5 Å². The molecule has 2 aliphatic rings. The second-order valence-electron chi connectivity index (χ2n) is 7.16. The minimum Gasteiger partial charge on any atom is -0.305 e. The van der Waals surface area contributed by atoms with Crippen molar-refractivity contribution in [3.63, 3.8) is 0 Å². The van der Waals surface area contributed by atoms with E-state index in [0.29, 0.717) is 16.2 Å². The van der Waals surface area contributed by atoms with Gasteiger partial charge in [0.15, 0.2) is 5.13 Å². The van der Waals surface area contributed by atoms with Crippen LogP contribution in [0, 0.1) is 0 Å². The van der Waals surface area contributed by atoms with Crippen molar-refractivity contribution in [2.24, 2.45) is 0 Å². The predicted molar refractivity (Wildman–Crippen MR) is 108 cm³/mol. The number of carbonyl (C=O) groups is 3. The first-order valence-electron chi connectivity index (χ1n) is 9.21. The third-order valence-electron chi connectivity index (χ3n) is 5.29. The number of imide groups is 1. The van der Waals surface area contributed by atoms with Crippen LogP contribution in [0.15, 0.2) is 42.5 Å². The molecule has 3 heterocycles. The molecule has 140 valence electrons. The van der Waals surface area contributed by atoms with Crippen LogP contribution in [-0.2, 0) is 16.0 Å². The number of hydrogen-bond acceptors (Lipinski definition) is 5. The Morgan fingerprint density at radius 1 is 1.11 bits per heavy atom. The number of amides is 3. The molecule has 2 aliphatic heterocycles. The quantitative estimate of drug-likeness (QED) is 0.627. The Morgan fingerprint density at radius 3 is 2.64 bits per heavy atom. The van der Waals surface area contributed by atoms with Gasteiger partial charge in [-0.15, -0.1) is 0 Å². The Morgan fingerprint density at radius 2 is 1.86 bits per heavy atom. The Kier molecular flexibility index (Phi) is 3.80. The maximum Gasteiger partial charge on any atom is 0.258 e. The Bertz CT molecular complexity index is 1140. The molecule has 1 saturated heterocycles. The van der Waals surface area contributed by atoms with Crippen LogP contribution >= 0.6 is 11.3 Å². The van der Waals surface area contributed by atoms with Gasteiger partial charge in [-0.25, -0.2) is 9.88 Å². The van der Waals surface area contributed by atoms with E-state index in [1.165, 1.54) is 16.9 Å². The van der Waals surface area contributed by atoms with Crippen molar-refractivity contribution in [3.05, 3.63) is 53.6 Å². The highest BCUT2D eigenvalue weighted by atomic mass is 32.1. The molecule has 1 unspecified atom stereocenters. The summed E-state index contributed by atoms with van der Waals surface area (Å²) in [6, 6.07) is 13.4. The van der Waals surface area contributed by atoms with Crippen molar-refractivity contribution < 1.29 is 14.4 Å². The normalized spacial score (nSPS) is 19.0. The van der Waals surface area contributed by atoms with Crippen molar-refractivity contribution in [1.29, 1.82) is 0 Å². The molecule has 28 heavy (non-hydrogen) atoms.